The smallest absolute Gasteiger partial charge is 0.306 e. The zero-order chi connectivity index (χ0) is 52.0. The number of ether oxygens (including phenoxy) is 3. The quantitative estimate of drug-likeness (QED) is 0.0345. The van der Waals surface area contributed by atoms with E-state index in [2.05, 4.69) is 179 Å². The first-order valence-corrected chi connectivity index (χ1v) is 29.0. The van der Waals surface area contributed by atoms with E-state index >= 15 is 0 Å². The Labute approximate surface area is 444 Å². The molecule has 5 nitrogen and oxygen atoms in total. The minimum atomic E-state index is -0.599. The number of carbonyl (C=O) groups is 2. The number of unbranched alkanes of at least 4 members (excludes halogenated alkanes) is 14. The van der Waals surface area contributed by atoms with Crippen molar-refractivity contribution in [2.45, 2.75) is 232 Å². The van der Waals surface area contributed by atoms with Crippen LogP contribution in [-0.4, -0.2) is 37.9 Å². The molecule has 0 aliphatic heterocycles. The van der Waals surface area contributed by atoms with Crippen molar-refractivity contribution >= 4 is 11.9 Å². The predicted molar refractivity (Wildman–Crippen MR) is 315 cm³/mol. The van der Waals surface area contributed by atoms with Crippen LogP contribution in [0.5, 0.6) is 0 Å². The lowest BCUT2D eigenvalue weighted by atomic mass is 10.1. The van der Waals surface area contributed by atoms with Crippen LogP contribution in [0.2, 0.25) is 0 Å². The van der Waals surface area contributed by atoms with Gasteiger partial charge in [-0.15, -0.1) is 0 Å². The molecule has 0 aromatic carbocycles. The Hall–Kier alpha value is -4.48. The van der Waals surface area contributed by atoms with Gasteiger partial charge in [0.25, 0.3) is 0 Å². The molecule has 0 spiro atoms. The summed E-state index contributed by atoms with van der Waals surface area (Å²) in [6.45, 7) is 7.37. The molecule has 404 valence electrons. The summed E-state index contributed by atoms with van der Waals surface area (Å²) in [4.78, 5) is 25.5. The fourth-order valence-electron chi connectivity index (χ4n) is 7.29. The van der Waals surface area contributed by atoms with Gasteiger partial charge >= 0.3 is 11.9 Å². The molecular weight excluding hydrogens is 885 g/mol. The van der Waals surface area contributed by atoms with Crippen molar-refractivity contribution in [1.82, 2.24) is 0 Å². The second-order valence-corrected chi connectivity index (χ2v) is 18.4. The molecule has 0 radical (unpaired) electrons. The second kappa shape index (κ2) is 60.8. The number of rotatable bonds is 51. The van der Waals surface area contributed by atoms with E-state index in [1.807, 2.05) is 0 Å². The minimum absolute atomic E-state index is 0.0305. The van der Waals surface area contributed by atoms with E-state index in [0.29, 0.717) is 19.4 Å². The van der Waals surface area contributed by atoms with Crippen LogP contribution in [0.3, 0.4) is 0 Å². The van der Waals surface area contributed by atoms with E-state index in [1.165, 1.54) is 51.4 Å². The molecular formula is C67H106O5. The predicted octanol–water partition coefficient (Wildman–Crippen LogP) is 20.2. The van der Waals surface area contributed by atoms with Crippen LogP contribution < -0.4 is 0 Å². The molecule has 0 rings (SSSR count). The first kappa shape index (κ1) is 67.5. The van der Waals surface area contributed by atoms with E-state index in [-0.39, 0.29) is 25.2 Å². The SMILES string of the molecule is CC/C=C\C/C=C\C/C=C\C/C=C\C/C=C\C/C=C\CCCOCC(COC(=O)CCCCC/C=C\C/C=C\C/C=C\C/C=C\C/C=C\CC)OC(=O)CCCCCCCCC/C=C\C/C=C\CCCCC. The van der Waals surface area contributed by atoms with Crippen molar-refractivity contribution in [2.24, 2.45) is 0 Å². The van der Waals surface area contributed by atoms with Crippen molar-refractivity contribution in [3.05, 3.63) is 158 Å². The number of esters is 2. The fourth-order valence-corrected chi connectivity index (χ4v) is 7.29. The van der Waals surface area contributed by atoms with E-state index in [4.69, 9.17) is 14.2 Å². The van der Waals surface area contributed by atoms with Crippen LogP contribution in [0.25, 0.3) is 0 Å². The number of hydrogen-bond donors (Lipinski definition) is 0. The number of hydrogen-bond acceptors (Lipinski definition) is 5. The minimum Gasteiger partial charge on any atom is -0.462 e. The summed E-state index contributed by atoms with van der Waals surface area (Å²) < 4.78 is 17.4. The van der Waals surface area contributed by atoms with Gasteiger partial charge < -0.3 is 14.2 Å². The third kappa shape index (κ3) is 58.1. The maximum Gasteiger partial charge on any atom is 0.306 e. The molecule has 72 heavy (non-hydrogen) atoms. The molecule has 0 bridgehead atoms. The van der Waals surface area contributed by atoms with Gasteiger partial charge in [-0.2, -0.15) is 0 Å². The van der Waals surface area contributed by atoms with Gasteiger partial charge in [0, 0.05) is 19.4 Å². The Morgan fingerprint density at radius 3 is 1.01 bits per heavy atom. The molecule has 5 heteroatoms. The van der Waals surface area contributed by atoms with Crippen LogP contribution in [-0.2, 0) is 23.8 Å². The van der Waals surface area contributed by atoms with Gasteiger partial charge in [0.1, 0.15) is 6.61 Å². The van der Waals surface area contributed by atoms with Crippen LogP contribution in [0, 0.1) is 0 Å². The summed E-state index contributed by atoms with van der Waals surface area (Å²) in [5.74, 6) is -0.486. The van der Waals surface area contributed by atoms with Crippen molar-refractivity contribution in [2.75, 3.05) is 19.8 Å². The van der Waals surface area contributed by atoms with Crippen molar-refractivity contribution in [1.29, 1.82) is 0 Å². The zero-order valence-electron chi connectivity index (χ0n) is 46.4. The highest BCUT2D eigenvalue weighted by Crippen LogP contribution is 2.13. The van der Waals surface area contributed by atoms with Gasteiger partial charge in [-0.05, 0) is 141 Å². The summed E-state index contributed by atoms with van der Waals surface area (Å²) >= 11 is 0. The van der Waals surface area contributed by atoms with Crippen LogP contribution >= 0.6 is 0 Å². The van der Waals surface area contributed by atoms with E-state index in [1.54, 1.807) is 0 Å². The van der Waals surface area contributed by atoms with E-state index < -0.39 is 6.10 Å². The first-order valence-electron chi connectivity index (χ1n) is 29.0. The summed E-state index contributed by atoms with van der Waals surface area (Å²) in [7, 11) is 0. The van der Waals surface area contributed by atoms with Crippen LogP contribution in [0.1, 0.15) is 226 Å². The highest BCUT2D eigenvalue weighted by molar-refractivity contribution is 5.70. The summed E-state index contributed by atoms with van der Waals surface area (Å²) in [6, 6.07) is 0. The lowest BCUT2D eigenvalue weighted by Crippen LogP contribution is -2.30. The standard InChI is InChI=1S/C67H106O5/c1-4-7-10-13-16-19-22-25-28-31-33-35-38-41-44-47-50-53-56-59-62-70-63-65(72-67(69)61-58-55-52-49-46-43-40-36-30-27-24-21-18-15-12-9-6-3)64-71-66(68)60-57-54-51-48-45-42-39-37-34-32-29-26-23-20-17-14-11-8-5-2/h7-8,10-11,16-21,25-30,33-35,37,41-42,44-45,50,53,65H,4-6,9,12-15,22-24,31-32,36,38-40,43,46-49,51-52,54-64H2,1-3H3/b10-7-,11-8-,19-16-,20-17-,21-18-,28-25-,29-26-,30-27-,35-33-,37-34-,44-41-,45-42-,53-50-. The summed E-state index contributed by atoms with van der Waals surface area (Å²) in [5, 5.41) is 0. The summed E-state index contributed by atoms with van der Waals surface area (Å²) in [5.41, 5.74) is 0. The maximum absolute atomic E-state index is 12.9. The zero-order valence-corrected chi connectivity index (χ0v) is 46.4. The molecule has 0 heterocycles. The maximum atomic E-state index is 12.9. The topological polar surface area (TPSA) is 61.8 Å². The van der Waals surface area contributed by atoms with Crippen LogP contribution in [0.15, 0.2) is 158 Å². The average Bonchev–Trinajstić information content (AvgIpc) is 3.38. The van der Waals surface area contributed by atoms with Crippen molar-refractivity contribution in [3.8, 4) is 0 Å². The lowest BCUT2D eigenvalue weighted by molar-refractivity contribution is -0.163. The summed E-state index contributed by atoms with van der Waals surface area (Å²) in [6.07, 6.45) is 89.9. The van der Waals surface area contributed by atoms with Crippen molar-refractivity contribution in [3.63, 3.8) is 0 Å². The monoisotopic (exact) mass is 991 g/mol. The largest absolute Gasteiger partial charge is 0.462 e. The number of allylic oxidation sites excluding steroid dienone is 26. The molecule has 1 unspecified atom stereocenters. The third-order valence-corrected chi connectivity index (χ3v) is 11.5. The van der Waals surface area contributed by atoms with Gasteiger partial charge in [0.05, 0.1) is 6.61 Å². The van der Waals surface area contributed by atoms with Gasteiger partial charge in [-0.3, -0.25) is 9.59 Å². The molecule has 0 saturated heterocycles. The Kier molecular flexibility index (Phi) is 57.0. The molecule has 0 aliphatic carbocycles. The van der Waals surface area contributed by atoms with Gasteiger partial charge in [-0.25, -0.2) is 0 Å². The molecule has 0 aromatic rings. The van der Waals surface area contributed by atoms with E-state index in [9.17, 15) is 9.59 Å². The Balaban J connectivity index is 4.50. The molecule has 0 aromatic heterocycles. The highest BCUT2D eigenvalue weighted by atomic mass is 16.6. The lowest BCUT2D eigenvalue weighted by Gasteiger charge is -2.18. The van der Waals surface area contributed by atoms with E-state index in [0.717, 1.165) is 141 Å². The highest BCUT2D eigenvalue weighted by Gasteiger charge is 2.17. The molecule has 0 saturated carbocycles. The Morgan fingerprint density at radius 2 is 0.625 bits per heavy atom. The molecule has 0 fully saturated rings. The second-order valence-electron chi connectivity index (χ2n) is 18.4. The molecule has 0 amide bonds. The normalized spacial score (nSPS) is 13.4. The van der Waals surface area contributed by atoms with Crippen molar-refractivity contribution < 1.29 is 23.8 Å². The first-order chi connectivity index (χ1) is 35.6. The molecule has 0 aliphatic rings. The Morgan fingerprint density at radius 1 is 0.319 bits per heavy atom. The fraction of sp³-hybridized carbons (Fsp3) is 0.582. The van der Waals surface area contributed by atoms with Crippen LogP contribution in [0.4, 0.5) is 0 Å². The average molecular weight is 992 g/mol. The van der Waals surface area contributed by atoms with Gasteiger partial charge in [0.15, 0.2) is 6.10 Å². The Bertz CT molecular complexity index is 1590. The third-order valence-electron chi connectivity index (χ3n) is 11.5. The van der Waals surface area contributed by atoms with Gasteiger partial charge in [0.2, 0.25) is 0 Å². The molecule has 0 N–H and O–H groups in total. The number of carbonyl (C=O) groups excluding carboxylic acids is 2. The van der Waals surface area contributed by atoms with Gasteiger partial charge in [-0.1, -0.05) is 230 Å². The molecule has 1 atom stereocenters.